The summed E-state index contributed by atoms with van der Waals surface area (Å²) in [5.74, 6) is 0.617. The summed E-state index contributed by atoms with van der Waals surface area (Å²) in [5.41, 5.74) is 0.985. The Hall–Kier alpha value is -1.75. The number of fused-ring (bicyclic) bond motifs is 1. The largest absolute Gasteiger partial charge is 0.480 e. The Morgan fingerprint density at radius 2 is 2.17 bits per heavy atom. The normalized spacial score (nSPS) is 16.3. The summed E-state index contributed by atoms with van der Waals surface area (Å²) in [4.78, 5) is 11.0. The molecule has 0 radical (unpaired) electrons. The molecular weight excluding hydrogens is 234 g/mol. The first kappa shape index (κ1) is 12.7. The summed E-state index contributed by atoms with van der Waals surface area (Å²) in [5, 5.41) is 12.1. The molecule has 1 aromatic carbocycles. The lowest BCUT2D eigenvalue weighted by Gasteiger charge is -2.19. The zero-order valence-corrected chi connectivity index (χ0v) is 10.5. The van der Waals surface area contributed by atoms with E-state index < -0.39 is 12.0 Å². The lowest BCUT2D eigenvalue weighted by Crippen LogP contribution is -2.37. The van der Waals surface area contributed by atoms with Gasteiger partial charge < -0.3 is 14.6 Å². The zero-order valence-electron chi connectivity index (χ0n) is 10.5. The van der Waals surface area contributed by atoms with Gasteiger partial charge in [-0.25, -0.2) is 0 Å². The van der Waals surface area contributed by atoms with Crippen LogP contribution in [0, 0.1) is 0 Å². The van der Waals surface area contributed by atoms with Crippen LogP contribution in [0.5, 0.6) is 11.5 Å². The number of rotatable bonds is 5. The highest BCUT2D eigenvalue weighted by Gasteiger charge is 2.20. The number of hydrogen-bond donors (Lipinski definition) is 2. The smallest absolute Gasteiger partial charge is 0.320 e. The summed E-state index contributed by atoms with van der Waals surface area (Å²) in [6, 6.07) is 5.05. The van der Waals surface area contributed by atoms with E-state index in [1.54, 1.807) is 0 Å². The lowest BCUT2D eigenvalue weighted by atomic mass is 10.1. The van der Waals surface area contributed by atoms with Crippen LogP contribution in [0.4, 0.5) is 0 Å². The first-order valence-corrected chi connectivity index (χ1v) is 6.00. The standard InChI is InChI=1S/C13H17NO4/c1-3-10(13(15)16)14-8(2)9-4-5-11-12(6-9)18-7-17-11/h4-6,8,10,14H,3,7H2,1-2H3,(H,15,16). The number of hydrogen-bond acceptors (Lipinski definition) is 4. The SMILES string of the molecule is CCC(NC(C)c1ccc2c(c1)OCO2)C(=O)O. The van der Waals surface area contributed by atoms with Gasteiger partial charge in [0.2, 0.25) is 6.79 Å². The highest BCUT2D eigenvalue weighted by molar-refractivity contribution is 5.73. The van der Waals surface area contributed by atoms with Crippen molar-refractivity contribution in [3.05, 3.63) is 23.8 Å². The Morgan fingerprint density at radius 1 is 1.44 bits per heavy atom. The number of benzene rings is 1. The highest BCUT2D eigenvalue weighted by atomic mass is 16.7. The van der Waals surface area contributed by atoms with Gasteiger partial charge in [0, 0.05) is 6.04 Å². The van der Waals surface area contributed by atoms with Gasteiger partial charge in [0.1, 0.15) is 6.04 Å². The van der Waals surface area contributed by atoms with Crippen LogP contribution in [-0.4, -0.2) is 23.9 Å². The number of aliphatic carboxylic acids is 1. The predicted octanol–water partition coefficient (Wildman–Crippen LogP) is 1.93. The monoisotopic (exact) mass is 251 g/mol. The molecule has 0 saturated heterocycles. The molecular formula is C13H17NO4. The summed E-state index contributed by atoms with van der Waals surface area (Å²) >= 11 is 0. The molecule has 0 saturated carbocycles. The average molecular weight is 251 g/mol. The summed E-state index contributed by atoms with van der Waals surface area (Å²) in [6.45, 7) is 4.02. The van der Waals surface area contributed by atoms with Crippen LogP contribution >= 0.6 is 0 Å². The van der Waals surface area contributed by atoms with E-state index in [0.29, 0.717) is 12.2 Å². The molecule has 2 N–H and O–H groups in total. The van der Waals surface area contributed by atoms with E-state index in [1.807, 2.05) is 32.0 Å². The fourth-order valence-electron chi connectivity index (χ4n) is 1.94. The Kier molecular flexibility index (Phi) is 3.72. The van der Waals surface area contributed by atoms with Crippen LogP contribution in [0.1, 0.15) is 31.9 Å². The minimum Gasteiger partial charge on any atom is -0.480 e. The van der Waals surface area contributed by atoms with Crippen molar-refractivity contribution in [1.82, 2.24) is 5.32 Å². The number of carboxylic acid groups (broad SMARTS) is 1. The van der Waals surface area contributed by atoms with Gasteiger partial charge in [-0.15, -0.1) is 0 Å². The van der Waals surface area contributed by atoms with E-state index in [4.69, 9.17) is 14.6 Å². The van der Waals surface area contributed by atoms with Gasteiger partial charge in [-0.1, -0.05) is 13.0 Å². The Bertz CT molecular complexity index is 447. The number of nitrogens with one attached hydrogen (secondary N) is 1. The minimum absolute atomic E-state index is 0.0550. The molecule has 0 aromatic heterocycles. The Morgan fingerprint density at radius 3 is 2.83 bits per heavy atom. The molecule has 2 unspecified atom stereocenters. The average Bonchev–Trinajstić information content (AvgIpc) is 2.82. The molecule has 0 bridgehead atoms. The first-order chi connectivity index (χ1) is 8.61. The van der Waals surface area contributed by atoms with Gasteiger partial charge >= 0.3 is 5.97 Å². The molecule has 1 aliphatic heterocycles. The van der Waals surface area contributed by atoms with Gasteiger partial charge in [0.15, 0.2) is 11.5 Å². The van der Waals surface area contributed by atoms with Crippen LogP contribution in [0.15, 0.2) is 18.2 Å². The van der Waals surface area contributed by atoms with Crippen molar-refractivity contribution in [2.45, 2.75) is 32.4 Å². The molecule has 2 rings (SSSR count). The predicted molar refractivity (Wildman–Crippen MR) is 65.8 cm³/mol. The van der Waals surface area contributed by atoms with Crippen molar-refractivity contribution in [1.29, 1.82) is 0 Å². The molecule has 1 aliphatic rings. The number of ether oxygens (including phenoxy) is 2. The van der Waals surface area contributed by atoms with Crippen molar-refractivity contribution in [2.75, 3.05) is 6.79 Å². The van der Waals surface area contributed by atoms with Gasteiger partial charge in [0.25, 0.3) is 0 Å². The quantitative estimate of drug-likeness (QED) is 0.837. The van der Waals surface area contributed by atoms with Gasteiger partial charge in [-0.05, 0) is 31.0 Å². The third-order valence-electron chi connectivity index (χ3n) is 3.05. The van der Waals surface area contributed by atoms with E-state index in [0.717, 1.165) is 11.3 Å². The molecule has 18 heavy (non-hydrogen) atoms. The fraction of sp³-hybridized carbons (Fsp3) is 0.462. The van der Waals surface area contributed by atoms with E-state index in [2.05, 4.69) is 5.32 Å². The highest BCUT2D eigenvalue weighted by Crippen LogP contribution is 2.34. The molecule has 0 spiro atoms. The van der Waals surface area contributed by atoms with Gasteiger partial charge in [-0.3, -0.25) is 10.1 Å². The van der Waals surface area contributed by atoms with Crippen molar-refractivity contribution >= 4 is 5.97 Å². The molecule has 1 heterocycles. The second-order valence-electron chi connectivity index (χ2n) is 4.30. The van der Waals surface area contributed by atoms with Gasteiger partial charge in [-0.2, -0.15) is 0 Å². The third-order valence-corrected chi connectivity index (χ3v) is 3.05. The van der Waals surface area contributed by atoms with Crippen molar-refractivity contribution in [3.63, 3.8) is 0 Å². The fourth-order valence-corrected chi connectivity index (χ4v) is 1.94. The van der Waals surface area contributed by atoms with Gasteiger partial charge in [0.05, 0.1) is 0 Å². The first-order valence-electron chi connectivity index (χ1n) is 6.00. The van der Waals surface area contributed by atoms with Crippen LogP contribution in [0.25, 0.3) is 0 Å². The van der Waals surface area contributed by atoms with Crippen molar-refractivity contribution in [2.24, 2.45) is 0 Å². The molecule has 0 fully saturated rings. The maximum absolute atomic E-state index is 11.0. The summed E-state index contributed by atoms with van der Waals surface area (Å²) < 4.78 is 10.5. The molecule has 5 heteroatoms. The van der Waals surface area contributed by atoms with E-state index in [9.17, 15) is 4.79 Å². The van der Waals surface area contributed by atoms with Crippen LogP contribution < -0.4 is 14.8 Å². The Labute approximate surface area is 106 Å². The molecule has 0 amide bonds. The van der Waals surface area contributed by atoms with E-state index >= 15 is 0 Å². The topological polar surface area (TPSA) is 67.8 Å². The van der Waals surface area contributed by atoms with Crippen LogP contribution in [-0.2, 0) is 4.79 Å². The third kappa shape index (κ3) is 2.56. The molecule has 2 atom stereocenters. The zero-order chi connectivity index (χ0) is 13.1. The molecule has 5 nitrogen and oxygen atoms in total. The number of carboxylic acids is 1. The maximum atomic E-state index is 11.0. The summed E-state index contributed by atoms with van der Waals surface area (Å²) in [6.07, 6.45) is 0.546. The summed E-state index contributed by atoms with van der Waals surface area (Å²) in [7, 11) is 0. The van der Waals surface area contributed by atoms with Crippen molar-refractivity contribution in [3.8, 4) is 11.5 Å². The second kappa shape index (κ2) is 5.27. The lowest BCUT2D eigenvalue weighted by molar-refractivity contribution is -0.139. The molecule has 0 aliphatic carbocycles. The molecule has 1 aromatic rings. The van der Waals surface area contributed by atoms with Crippen molar-refractivity contribution < 1.29 is 19.4 Å². The maximum Gasteiger partial charge on any atom is 0.320 e. The second-order valence-corrected chi connectivity index (χ2v) is 4.30. The van der Waals surface area contributed by atoms with E-state index in [1.165, 1.54) is 0 Å². The van der Waals surface area contributed by atoms with Crippen LogP contribution in [0.3, 0.4) is 0 Å². The van der Waals surface area contributed by atoms with Crippen LogP contribution in [0.2, 0.25) is 0 Å². The molecule has 98 valence electrons. The minimum atomic E-state index is -0.829. The number of carbonyl (C=O) groups is 1. The Balaban J connectivity index is 2.09. The van der Waals surface area contributed by atoms with E-state index in [-0.39, 0.29) is 12.8 Å².